The predicted molar refractivity (Wildman–Crippen MR) is 159 cm³/mol. The van der Waals surface area contributed by atoms with Gasteiger partial charge in [-0.3, -0.25) is 14.6 Å². The Morgan fingerprint density at radius 2 is 2.00 bits per heavy atom. The molecule has 0 bridgehead atoms. The molecule has 0 saturated heterocycles. The van der Waals surface area contributed by atoms with Crippen molar-refractivity contribution >= 4 is 34.3 Å². The average molecular weight is 621 g/mol. The maximum Gasteiger partial charge on any atom is 0.251 e. The quantitative estimate of drug-likeness (QED) is 0.193. The number of halogens is 3. The number of aromatic nitrogens is 2. The van der Waals surface area contributed by atoms with Gasteiger partial charge in [-0.25, -0.2) is 13.8 Å². The van der Waals surface area contributed by atoms with E-state index in [0.29, 0.717) is 34.2 Å². The molecule has 9 nitrogen and oxygen atoms in total. The number of fused-ring (bicyclic) bond motifs is 2. The maximum atomic E-state index is 14.6. The molecule has 0 fully saturated rings. The van der Waals surface area contributed by atoms with Gasteiger partial charge in [0.15, 0.2) is 11.6 Å². The van der Waals surface area contributed by atoms with Crippen molar-refractivity contribution in [3.8, 4) is 22.8 Å². The van der Waals surface area contributed by atoms with Gasteiger partial charge in [0.1, 0.15) is 40.3 Å². The number of allylic oxidation sites excluding steroid dienone is 1. The summed E-state index contributed by atoms with van der Waals surface area (Å²) < 4.78 is 39.8. The molecule has 2 amide bonds. The Bertz CT molecular complexity index is 1930. The Balaban J connectivity index is 1.43. The van der Waals surface area contributed by atoms with Crippen molar-refractivity contribution < 1.29 is 33.0 Å². The van der Waals surface area contributed by atoms with Gasteiger partial charge in [0.2, 0.25) is 5.91 Å². The van der Waals surface area contributed by atoms with Crippen LogP contribution in [0.3, 0.4) is 0 Å². The molecule has 0 saturated carbocycles. The largest absolute Gasteiger partial charge is 0.494 e. The van der Waals surface area contributed by atoms with Crippen LogP contribution in [0.25, 0.3) is 22.2 Å². The average Bonchev–Trinajstić information content (AvgIpc) is 3.81. The van der Waals surface area contributed by atoms with E-state index in [2.05, 4.69) is 15.3 Å². The van der Waals surface area contributed by atoms with Crippen molar-refractivity contribution in [3.63, 3.8) is 0 Å². The van der Waals surface area contributed by atoms with E-state index >= 15 is 0 Å². The number of ether oxygens (including phenoxy) is 2. The van der Waals surface area contributed by atoms with Crippen molar-refractivity contribution in [2.24, 2.45) is 5.73 Å². The first-order valence-electron chi connectivity index (χ1n) is 13.6. The number of nitrogens with one attached hydrogen (secondary N) is 1. The Kier molecular flexibility index (Phi) is 7.05. The van der Waals surface area contributed by atoms with E-state index in [1.807, 2.05) is 13.0 Å². The van der Waals surface area contributed by atoms with E-state index in [0.717, 1.165) is 11.6 Å². The zero-order chi connectivity index (χ0) is 31.6. The molecule has 2 aromatic carbocycles. The van der Waals surface area contributed by atoms with E-state index in [1.165, 1.54) is 19.2 Å². The maximum absolute atomic E-state index is 14.6. The van der Waals surface area contributed by atoms with Gasteiger partial charge in [0, 0.05) is 28.3 Å². The van der Waals surface area contributed by atoms with Crippen LogP contribution < -0.4 is 20.5 Å². The molecular weight excluding hydrogens is 594 g/mol. The summed E-state index contributed by atoms with van der Waals surface area (Å²) in [6, 6.07) is 8.73. The monoisotopic (exact) mass is 620 g/mol. The molecule has 0 radical (unpaired) electrons. The summed E-state index contributed by atoms with van der Waals surface area (Å²) in [6.45, 7) is 3.00. The number of hydrogen-bond acceptors (Lipinski definition) is 7. The zero-order valence-electron chi connectivity index (χ0n) is 23.9. The summed E-state index contributed by atoms with van der Waals surface area (Å²) in [6.07, 6.45) is 3.90. The Labute approximate surface area is 255 Å². The molecule has 1 aliphatic heterocycles. The van der Waals surface area contributed by atoms with Crippen LogP contribution in [0.15, 0.2) is 54.2 Å². The molecule has 44 heavy (non-hydrogen) atoms. The molecule has 0 unspecified atom stereocenters. The minimum Gasteiger partial charge on any atom is -0.494 e. The van der Waals surface area contributed by atoms with Crippen molar-refractivity contribution in [2.75, 3.05) is 20.3 Å². The lowest BCUT2D eigenvalue weighted by Crippen LogP contribution is -2.42. The third kappa shape index (κ3) is 4.72. The lowest BCUT2D eigenvalue weighted by molar-refractivity contribution is -0.123. The normalized spacial score (nSPS) is 18.2. The second kappa shape index (κ2) is 10.5. The summed E-state index contributed by atoms with van der Waals surface area (Å²) in [5.41, 5.74) is 5.21. The number of benzene rings is 2. The highest BCUT2D eigenvalue weighted by Crippen LogP contribution is 2.49. The van der Waals surface area contributed by atoms with E-state index in [1.54, 1.807) is 31.3 Å². The summed E-state index contributed by atoms with van der Waals surface area (Å²) in [5, 5.41) is 15.0. The Hall–Kier alpha value is -4.61. The fraction of sp³-hybridized carbons (Fsp3) is 0.250. The highest BCUT2D eigenvalue weighted by Gasteiger charge is 2.47. The topological polar surface area (TPSA) is 137 Å². The molecule has 0 spiro atoms. The van der Waals surface area contributed by atoms with Gasteiger partial charge in [-0.1, -0.05) is 17.7 Å². The molecule has 4 N–H and O–H groups in total. The van der Waals surface area contributed by atoms with Crippen LogP contribution in [0.1, 0.15) is 40.5 Å². The standard InChI is InChI=1S/C32H27ClF2N4O5/c1-15-8-16-9-17(10-22(43-3)26(16)37-12-15)29(40)38-13-32(42,18-4-5-18)23-11-20-28(44-14-31(20,2)30(36)41)27(39-23)19-6-7-21(34)25(35)24(19)33/h4,6-12,42H,5,13-14H2,1-3H3,(H2,36,41)(H,38,40)/t31-,32+/m0/s1. The molecule has 1 aliphatic carbocycles. The second-order valence-corrected chi connectivity index (χ2v) is 11.6. The van der Waals surface area contributed by atoms with Crippen LogP contribution in [0, 0.1) is 18.6 Å². The molecule has 2 atom stereocenters. The van der Waals surface area contributed by atoms with Crippen molar-refractivity contribution in [3.05, 3.63) is 93.3 Å². The zero-order valence-corrected chi connectivity index (χ0v) is 24.7. The number of carbonyl (C=O) groups is 2. The predicted octanol–water partition coefficient (Wildman–Crippen LogP) is 4.63. The van der Waals surface area contributed by atoms with E-state index in [4.69, 9.17) is 26.8 Å². The van der Waals surface area contributed by atoms with Crippen LogP contribution in [0.5, 0.6) is 11.5 Å². The van der Waals surface area contributed by atoms with Crippen molar-refractivity contribution in [1.82, 2.24) is 15.3 Å². The molecule has 226 valence electrons. The van der Waals surface area contributed by atoms with E-state index in [9.17, 15) is 23.5 Å². The summed E-state index contributed by atoms with van der Waals surface area (Å²) in [5.74, 6) is -3.13. The number of methoxy groups -OCH3 is 1. The highest BCUT2D eigenvalue weighted by atomic mass is 35.5. The first kappa shape index (κ1) is 29.5. The lowest BCUT2D eigenvalue weighted by atomic mass is 9.81. The molecular formula is C32H27ClF2N4O5. The van der Waals surface area contributed by atoms with Crippen LogP contribution in [-0.2, 0) is 15.8 Å². The minimum atomic E-state index is -1.84. The Morgan fingerprint density at radius 3 is 2.68 bits per heavy atom. The number of pyridine rings is 2. The minimum absolute atomic E-state index is 0.0132. The highest BCUT2D eigenvalue weighted by molar-refractivity contribution is 6.33. The molecule has 6 rings (SSSR count). The fourth-order valence-corrected chi connectivity index (χ4v) is 5.61. The van der Waals surface area contributed by atoms with Gasteiger partial charge < -0.3 is 25.6 Å². The van der Waals surface area contributed by atoms with Gasteiger partial charge in [0.05, 0.1) is 24.4 Å². The van der Waals surface area contributed by atoms with E-state index < -0.39 is 39.5 Å². The lowest BCUT2D eigenvalue weighted by Gasteiger charge is -2.28. The number of amides is 2. The SMILES string of the molecule is COc1cc(C(=O)NC[C@@](O)(C2=CC2)c2cc3c(c(-c4ccc(F)c(F)c4Cl)n2)OC[C@]3(C)C(N)=O)cc2cc(C)cnc12. The van der Waals surface area contributed by atoms with Gasteiger partial charge in [-0.05, 0) is 67.8 Å². The summed E-state index contributed by atoms with van der Waals surface area (Å²) in [4.78, 5) is 35.0. The molecule has 3 heterocycles. The number of aryl methyl sites for hydroxylation is 1. The van der Waals surface area contributed by atoms with Crippen molar-refractivity contribution in [2.45, 2.75) is 31.3 Å². The number of carbonyl (C=O) groups excluding carboxylic acids is 2. The Morgan fingerprint density at radius 1 is 1.25 bits per heavy atom. The van der Waals surface area contributed by atoms with Gasteiger partial charge in [-0.15, -0.1) is 0 Å². The van der Waals surface area contributed by atoms with Gasteiger partial charge in [0.25, 0.3) is 5.91 Å². The molecule has 12 heteroatoms. The third-order valence-corrected chi connectivity index (χ3v) is 8.51. The third-order valence-electron chi connectivity index (χ3n) is 8.14. The van der Waals surface area contributed by atoms with Gasteiger partial charge in [-0.2, -0.15) is 0 Å². The number of aliphatic hydroxyl groups is 1. The van der Waals surface area contributed by atoms with Crippen molar-refractivity contribution in [1.29, 1.82) is 0 Å². The number of nitrogens with two attached hydrogens (primary N) is 1. The summed E-state index contributed by atoms with van der Waals surface area (Å²) >= 11 is 6.21. The number of nitrogens with zero attached hydrogens (tertiary/aromatic N) is 2. The molecule has 2 aliphatic rings. The molecule has 4 aromatic rings. The first-order valence-corrected chi connectivity index (χ1v) is 14.0. The first-order chi connectivity index (χ1) is 20.9. The summed E-state index contributed by atoms with van der Waals surface area (Å²) in [7, 11) is 1.48. The molecule has 2 aromatic heterocycles. The van der Waals surface area contributed by atoms with Gasteiger partial charge >= 0.3 is 0 Å². The number of primary amides is 1. The second-order valence-electron chi connectivity index (χ2n) is 11.2. The van der Waals surface area contributed by atoms with E-state index in [-0.39, 0.29) is 41.4 Å². The van der Waals surface area contributed by atoms with Crippen LogP contribution in [-0.4, -0.2) is 47.2 Å². The smallest absolute Gasteiger partial charge is 0.251 e. The van der Waals surface area contributed by atoms with Crippen LogP contribution >= 0.6 is 11.6 Å². The van der Waals surface area contributed by atoms with Crippen LogP contribution in [0.4, 0.5) is 8.78 Å². The number of hydrogen-bond donors (Lipinski definition) is 3. The fourth-order valence-electron chi connectivity index (χ4n) is 5.37. The number of rotatable bonds is 8. The van der Waals surface area contributed by atoms with Crippen LogP contribution in [0.2, 0.25) is 5.02 Å².